The van der Waals surface area contributed by atoms with E-state index < -0.39 is 11.6 Å². The standard InChI is InChI=1S/C11H13F2N5O/c1-6(19-2)5-18-11(15-16-17-18)7-3-10(14)9(13)4-8(7)12/h3-4,6H,5,14H2,1-2H3. The molecule has 1 aromatic carbocycles. The molecule has 0 spiro atoms. The lowest BCUT2D eigenvalue weighted by atomic mass is 10.1. The molecule has 0 amide bonds. The van der Waals surface area contributed by atoms with Gasteiger partial charge >= 0.3 is 0 Å². The molecule has 2 aromatic rings. The van der Waals surface area contributed by atoms with Gasteiger partial charge in [-0.15, -0.1) is 5.10 Å². The lowest BCUT2D eigenvalue weighted by molar-refractivity contribution is 0.0997. The Labute approximate surface area is 108 Å². The molecular formula is C11H13F2N5O. The second kappa shape index (κ2) is 5.27. The minimum Gasteiger partial charge on any atom is -0.396 e. The Balaban J connectivity index is 2.42. The van der Waals surface area contributed by atoms with Crippen molar-refractivity contribution in [3.8, 4) is 11.4 Å². The van der Waals surface area contributed by atoms with Crippen LogP contribution in [0.4, 0.5) is 14.5 Å². The maximum Gasteiger partial charge on any atom is 0.185 e. The highest BCUT2D eigenvalue weighted by molar-refractivity contribution is 5.62. The lowest BCUT2D eigenvalue weighted by Crippen LogP contribution is -2.17. The van der Waals surface area contributed by atoms with E-state index in [1.165, 1.54) is 10.7 Å². The number of ether oxygens (including phenoxy) is 1. The van der Waals surface area contributed by atoms with Crippen LogP contribution in [0.15, 0.2) is 12.1 Å². The van der Waals surface area contributed by atoms with Gasteiger partial charge in [-0.25, -0.2) is 13.5 Å². The molecule has 2 rings (SSSR count). The number of anilines is 1. The van der Waals surface area contributed by atoms with E-state index >= 15 is 0 Å². The molecule has 0 fully saturated rings. The zero-order chi connectivity index (χ0) is 14.0. The summed E-state index contributed by atoms with van der Waals surface area (Å²) in [5.74, 6) is -1.41. The average Bonchev–Trinajstić information content (AvgIpc) is 2.81. The molecule has 8 heteroatoms. The highest BCUT2D eigenvalue weighted by Crippen LogP contribution is 2.25. The van der Waals surface area contributed by atoms with Gasteiger partial charge in [-0.05, 0) is 23.4 Å². The maximum atomic E-state index is 13.8. The minimum absolute atomic E-state index is 0.0483. The topological polar surface area (TPSA) is 78.8 Å². The van der Waals surface area contributed by atoms with Crippen LogP contribution in [-0.2, 0) is 11.3 Å². The predicted octanol–water partition coefficient (Wildman–Crippen LogP) is 1.24. The van der Waals surface area contributed by atoms with E-state index in [2.05, 4.69) is 15.5 Å². The van der Waals surface area contributed by atoms with Crippen molar-refractivity contribution in [1.29, 1.82) is 0 Å². The molecule has 0 aliphatic carbocycles. The predicted molar refractivity (Wildman–Crippen MR) is 64.1 cm³/mol. The fraction of sp³-hybridized carbons (Fsp3) is 0.364. The zero-order valence-corrected chi connectivity index (χ0v) is 10.5. The second-order valence-electron chi connectivity index (χ2n) is 4.08. The van der Waals surface area contributed by atoms with Crippen LogP contribution in [0.5, 0.6) is 0 Å². The molecule has 2 N–H and O–H groups in total. The number of nitrogens with two attached hydrogens (primary N) is 1. The van der Waals surface area contributed by atoms with Crippen molar-refractivity contribution < 1.29 is 13.5 Å². The molecule has 102 valence electrons. The van der Waals surface area contributed by atoms with Gasteiger partial charge in [0.1, 0.15) is 11.6 Å². The van der Waals surface area contributed by atoms with Gasteiger partial charge in [-0.1, -0.05) is 0 Å². The van der Waals surface area contributed by atoms with Gasteiger partial charge in [0.25, 0.3) is 0 Å². The fourth-order valence-corrected chi connectivity index (χ4v) is 1.58. The van der Waals surface area contributed by atoms with Crippen LogP contribution in [-0.4, -0.2) is 33.4 Å². The number of aromatic nitrogens is 4. The summed E-state index contributed by atoms with van der Waals surface area (Å²) in [5.41, 5.74) is 5.32. The molecular weight excluding hydrogens is 256 g/mol. The van der Waals surface area contributed by atoms with Crippen LogP contribution in [0.2, 0.25) is 0 Å². The average molecular weight is 269 g/mol. The maximum absolute atomic E-state index is 13.8. The van der Waals surface area contributed by atoms with Gasteiger partial charge in [0.2, 0.25) is 0 Å². The van der Waals surface area contributed by atoms with E-state index in [9.17, 15) is 8.78 Å². The summed E-state index contributed by atoms with van der Waals surface area (Å²) in [5, 5.41) is 11.0. The van der Waals surface area contributed by atoms with E-state index in [-0.39, 0.29) is 23.2 Å². The Hall–Kier alpha value is -2.09. The number of nitrogens with zero attached hydrogens (tertiary/aromatic N) is 4. The van der Waals surface area contributed by atoms with Crippen LogP contribution in [0.3, 0.4) is 0 Å². The van der Waals surface area contributed by atoms with Crippen molar-refractivity contribution in [1.82, 2.24) is 20.2 Å². The summed E-state index contributed by atoms with van der Waals surface area (Å²) in [6, 6.07) is 1.88. The van der Waals surface area contributed by atoms with Crippen LogP contribution >= 0.6 is 0 Å². The normalized spacial score (nSPS) is 12.6. The Morgan fingerprint density at radius 1 is 1.37 bits per heavy atom. The Bertz CT molecular complexity index is 586. The van der Waals surface area contributed by atoms with Gasteiger partial charge < -0.3 is 10.5 Å². The van der Waals surface area contributed by atoms with E-state index in [0.717, 1.165) is 0 Å². The second-order valence-corrected chi connectivity index (χ2v) is 4.08. The van der Waals surface area contributed by atoms with Gasteiger partial charge in [-0.3, -0.25) is 0 Å². The molecule has 0 bridgehead atoms. The molecule has 1 heterocycles. The number of nitrogen functional groups attached to an aromatic ring is 1. The van der Waals surface area contributed by atoms with Crippen LogP contribution in [0.1, 0.15) is 6.92 Å². The Morgan fingerprint density at radius 2 is 2.11 bits per heavy atom. The largest absolute Gasteiger partial charge is 0.396 e. The van der Waals surface area contributed by atoms with Gasteiger partial charge in [-0.2, -0.15) is 0 Å². The lowest BCUT2D eigenvalue weighted by Gasteiger charge is -2.11. The third-order valence-electron chi connectivity index (χ3n) is 2.69. The molecule has 0 saturated heterocycles. The van der Waals surface area contributed by atoms with Crippen LogP contribution < -0.4 is 5.73 Å². The Morgan fingerprint density at radius 3 is 2.79 bits per heavy atom. The van der Waals surface area contributed by atoms with E-state index in [0.29, 0.717) is 12.6 Å². The van der Waals surface area contributed by atoms with Crippen molar-refractivity contribution in [3.63, 3.8) is 0 Å². The third kappa shape index (κ3) is 2.68. The highest BCUT2D eigenvalue weighted by atomic mass is 19.1. The third-order valence-corrected chi connectivity index (χ3v) is 2.69. The van der Waals surface area contributed by atoms with Crippen molar-refractivity contribution in [2.75, 3.05) is 12.8 Å². The number of rotatable bonds is 4. The SMILES string of the molecule is COC(C)Cn1nnnc1-c1cc(N)c(F)cc1F. The first-order valence-corrected chi connectivity index (χ1v) is 5.56. The molecule has 6 nitrogen and oxygen atoms in total. The van der Waals surface area contributed by atoms with Crippen molar-refractivity contribution in [2.24, 2.45) is 0 Å². The van der Waals surface area contributed by atoms with Crippen LogP contribution in [0, 0.1) is 11.6 Å². The first kappa shape index (κ1) is 13.3. The van der Waals surface area contributed by atoms with E-state index in [4.69, 9.17) is 10.5 Å². The summed E-state index contributed by atoms with van der Waals surface area (Å²) in [4.78, 5) is 0. The molecule has 0 aliphatic heterocycles. The summed E-state index contributed by atoms with van der Waals surface area (Å²) < 4.78 is 33.4. The van der Waals surface area contributed by atoms with Crippen molar-refractivity contribution in [2.45, 2.75) is 19.6 Å². The molecule has 1 unspecified atom stereocenters. The number of tetrazole rings is 1. The first-order chi connectivity index (χ1) is 9.02. The van der Waals surface area contributed by atoms with E-state index in [1.54, 1.807) is 7.11 Å². The van der Waals surface area contributed by atoms with Crippen molar-refractivity contribution >= 4 is 5.69 Å². The van der Waals surface area contributed by atoms with Gasteiger partial charge in [0.15, 0.2) is 5.82 Å². The van der Waals surface area contributed by atoms with Gasteiger partial charge in [0.05, 0.1) is 23.9 Å². The summed E-state index contributed by atoms with van der Waals surface area (Å²) in [6.45, 7) is 2.16. The molecule has 19 heavy (non-hydrogen) atoms. The highest BCUT2D eigenvalue weighted by Gasteiger charge is 2.17. The molecule has 1 atom stereocenters. The number of benzene rings is 1. The number of methoxy groups -OCH3 is 1. The quantitative estimate of drug-likeness (QED) is 0.845. The number of hydrogen-bond acceptors (Lipinski definition) is 5. The summed E-state index contributed by atoms with van der Waals surface area (Å²) >= 11 is 0. The van der Waals surface area contributed by atoms with Gasteiger partial charge in [0, 0.05) is 13.2 Å². The van der Waals surface area contributed by atoms with Crippen LogP contribution in [0.25, 0.3) is 11.4 Å². The van der Waals surface area contributed by atoms with Crippen molar-refractivity contribution in [3.05, 3.63) is 23.8 Å². The first-order valence-electron chi connectivity index (χ1n) is 5.56. The fourth-order valence-electron chi connectivity index (χ4n) is 1.58. The smallest absolute Gasteiger partial charge is 0.185 e. The number of halogens is 2. The summed E-state index contributed by atoms with van der Waals surface area (Å²) in [6.07, 6.45) is -0.150. The zero-order valence-electron chi connectivity index (χ0n) is 10.5. The van der Waals surface area contributed by atoms with E-state index in [1.807, 2.05) is 6.92 Å². The molecule has 0 saturated carbocycles. The molecule has 0 radical (unpaired) electrons. The summed E-state index contributed by atoms with van der Waals surface area (Å²) in [7, 11) is 1.55. The Kier molecular flexibility index (Phi) is 3.70. The number of hydrogen-bond donors (Lipinski definition) is 1. The minimum atomic E-state index is -0.814. The molecule has 1 aromatic heterocycles. The molecule has 0 aliphatic rings. The monoisotopic (exact) mass is 269 g/mol.